The van der Waals surface area contributed by atoms with Crippen LogP contribution in [0.15, 0.2) is 42.6 Å². The van der Waals surface area contributed by atoms with Crippen LogP contribution in [0.1, 0.15) is 40.9 Å². The Bertz CT molecular complexity index is 1160. The molecule has 3 heterocycles. The molecule has 0 spiro atoms. The van der Waals surface area contributed by atoms with E-state index in [0.717, 1.165) is 72.2 Å². The van der Waals surface area contributed by atoms with Gasteiger partial charge in [-0.1, -0.05) is 18.2 Å². The van der Waals surface area contributed by atoms with Gasteiger partial charge in [0.15, 0.2) is 0 Å². The number of primary amides is 1. The zero-order valence-electron chi connectivity index (χ0n) is 17.3. The van der Waals surface area contributed by atoms with E-state index in [1.165, 1.54) is 0 Å². The van der Waals surface area contributed by atoms with Gasteiger partial charge in [-0.2, -0.15) is 0 Å². The fourth-order valence-electron chi connectivity index (χ4n) is 4.73. The van der Waals surface area contributed by atoms with Crippen LogP contribution in [0.4, 0.5) is 11.5 Å². The van der Waals surface area contributed by atoms with Gasteiger partial charge in [0.2, 0.25) is 5.91 Å². The van der Waals surface area contributed by atoms with Gasteiger partial charge in [-0.05, 0) is 55.9 Å². The second-order valence-electron chi connectivity index (χ2n) is 8.33. The summed E-state index contributed by atoms with van der Waals surface area (Å²) in [7, 11) is 0. The summed E-state index contributed by atoms with van der Waals surface area (Å²) in [6, 6.07) is 11.5. The molecule has 7 nitrogen and oxygen atoms in total. The number of rotatable bonds is 4. The summed E-state index contributed by atoms with van der Waals surface area (Å²) in [6.45, 7) is 1.43. The molecule has 3 aromatic rings. The van der Waals surface area contributed by atoms with Crippen molar-refractivity contribution >= 4 is 34.2 Å². The van der Waals surface area contributed by atoms with E-state index in [9.17, 15) is 9.59 Å². The van der Waals surface area contributed by atoms with E-state index >= 15 is 0 Å². The number of aromatic nitrogens is 2. The summed E-state index contributed by atoms with van der Waals surface area (Å²) in [5.41, 5.74) is 9.80. The fraction of sp³-hybridized carbons (Fsp3) is 0.333. The van der Waals surface area contributed by atoms with Gasteiger partial charge >= 0.3 is 0 Å². The van der Waals surface area contributed by atoms with Crippen molar-refractivity contribution in [2.45, 2.75) is 32.1 Å². The number of nitrogens with zero attached hydrogens (tertiary/aromatic N) is 3. The average molecular weight is 415 g/mol. The Morgan fingerprint density at radius 1 is 1.10 bits per heavy atom. The number of fused-ring (bicyclic) bond motifs is 2. The highest BCUT2D eigenvalue weighted by molar-refractivity contribution is 6.13. The second kappa shape index (κ2) is 7.98. The molecule has 0 saturated carbocycles. The molecule has 5 rings (SSSR count). The third-order valence-electron chi connectivity index (χ3n) is 6.30. The summed E-state index contributed by atoms with van der Waals surface area (Å²) in [4.78, 5) is 36.2. The van der Waals surface area contributed by atoms with Crippen molar-refractivity contribution < 1.29 is 9.59 Å². The molecule has 1 unspecified atom stereocenters. The molecular formula is C24H25N5O2. The normalized spacial score (nSPS) is 18.1. The lowest BCUT2D eigenvalue weighted by Gasteiger charge is -2.32. The number of nitrogens with two attached hydrogens (primary N) is 1. The minimum Gasteiger partial charge on any atom is -0.369 e. The van der Waals surface area contributed by atoms with E-state index in [4.69, 9.17) is 10.7 Å². The number of para-hydroxylation sites is 1. The molecular weight excluding hydrogens is 390 g/mol. The first-order valence-electron chi connectivity index (χ1n) is 10.8. The quantitative estimate of drug-likeness (QED) is 0.682. The maximum atomic E-state index is 13.3. The number of amides is 2. The van der Waals surface area contributed by atoms with Gasteiger partial charge in [0.25, 0.3) is 5.91 Å². The van der Waals surface area contributed by atoms with Gasteiger partial charge in [0.05, 0.1) is 28.9 Å². The van der Waals surface area contributed by atoms with Crippen LogP contribution in [-0.2, 0) is 17.6 Å². The van der Waals surface area contributed by atoms with Crippen LogP contribution >= 0.6 is 0 Å². The number of hydrogen-bond acceptors (Lipinski definition) is 5. The number of carbonyl (C=O) groups is 2. The predicted octanol–water partition coefficient (Wildman–Crippen LogP) is 3.07. The van der Waals surface area contributed by atoms with E-state index in [-0.39, 0.29) is 17.7 Å². The van der Waals surface area contributed by atoms with Crippen LogP contribution in [0.5, 0.6) is 0 Å². The number of benzene rings is 1. The number of nitrogens with one attached hydrogen (secondary N) is 1. The van der Waals surface area contributed by atoms with Crippen LogP contribution in [0.2, 0.25) is 0 Å². The van der Waals surface area contributed by atoms with Gasteiger partial charge in [-0.3, -0.25) is 14.6 Å². The van der Waals surface area contributed by atoms with E-state index in [1.54, 1.807) is 6.20 Å². The van der Waals surface area contributed by atoms with Crippen molar-refractivity contribution in [3.05, 3.63) is 59.4 Å². The number of anilines is 2. The number of carbonyl (C=O) groups excluding carboxylic acids is 2. The van der Waals surface area contributed by atoms with Crippen molar-refractivity contribution in [2.24, 2.45) is 11.7 Å². The van der Waals surface area contributed by atoms with Crippen molar-refractivity contribution in [1.29, 1.82) is 0 Å². The summed E-state index contributed by atoms with van der Waals surface area (Å²) in [5.74, 6) is 0.264. The summed E-state index contributed by atoms with van der Waals surface area (Å²) >= 11 is 0. The number of aryl methyl sites for hydroxylation is 1. The Morgan fingerprint density at radius 2 is 1.97 bits per heavy atom. The number of piperidine rings is 1. The molecule has 2 aromatic heterocycles. The van der Waals surface area contributed by atoms with E-state index in [2.05, 4.69) is 15.2 Å². The van der Waals surface area contributed by atoms with E-state index in [1.807, 2.05) is 36.4 Å². The van der Waals surface area contributed by atoms with E-state index in [0.29, 0.717) is 12.2 Å². The van der Waals surface area contributed by atoms with Gasteiger partial charge < -0.3 is 16.0 Å². The van der Waals surface area contributed by atoms with Crippen LogP contribution in [0.3, 0.4) is 0 Å². The first-order valence-corrected chi connectivity index (χ1v) is 10.8. The lowest BCUT2D eigenvalue weighted by molar-refractivity contribution is -0.122. The lowest BCUT2D eigenvalue weighted by atomic mass is 9.97. The molecule has 2 aliphatic rings. The first-order chi connectivity index (χ1) is 15.1. The molecule has 0 radical (unpaired) electrons. The maximum absolute atomic E-state index is 13.3. The molecule has 1 atom stereocenters. The summed E-state index contributed by atoms with van der Waals surface area (Å²) in [6.07, 6.45) is 6.22. The zero-order chi connectivity index (χ0) is 21.4. The molecule has 1 saturated heterocycles. The lowest BCUT2D eigenvalue weighted by Crippen LogP contribution is -2.41. The monoisotopic (exact) mass is 415 g/mol. The Labute approximate surface area is 180 Å². The molecule has 3 N–H and O–H groups in total. The average Bonchev–Trinajstić information content (AvgIpc) is 3.26. The largest absolute Gasteiger partial charge is 0.369 e. The smallest absolute Gasteiger partial charge is 0.256 e. The second-order valence-corrected chi connectivity index (χ2v) is 8.33. The van der Waals surface area contributed by atoms with Crippen molar-refractivity contribution in [1.82, 2.24) is 9.97 Å². The van der Waals surface area contributed by atoms with Crippen LogP contribution in [-0.4, -0.2) is 34.9 Å². The molecule has 1 fully saturated rings. The van der Waals surface area contributed by atoms with Crippen molar-refractivity contribution in [3.63, 3.8) is 0 Å². The summed E-state index contributed by atoms with van der Waals surface area (Å²) in [5, 5.41) is 3.90. The molecule has 0 bridgehead atoms. The van der Waals surface area contributed by atoms with E-state index < -0.39 is 0 Å². The Morgan fingerprint density at radius 3 is 2.77 bits per heavy atom. The molecule has 1 aliphatic carbocycles. The third-order valence-corrected chi connectivity index (χ3v) is 6.30. The molecule has 1 aliphatic heterocycles. The fourth-order valence-corrected chi connectivity index (χ4v) is 4.73. The minimum atomic E-state index is -0.259. The molecule has 1 aromatic carbocycles. The third kappa shape index (κ3) is 3.71. The van der Waals surface area contributed by atoms with Crippen molar-refractivity contribution in [3.8, 4) is 0 Å². The summed E-state index contributed by atoms with van der Waals surface area (Å²) < 4.78 is 0. The van der Waals surface area contributed by atoms with Gasteiger partial charge in [-0.25, -0.2) is 4.98 Å². The minimum absolute atomic E-state index is 0.127. The Balaban J connectivity index is 1.38. The molecule has 2 amide bonds. The van der Waals surface area contributed by atoms with Gasteiger partial charge in [-0.15, -0.1) is 0 Å². The SMILES string of the molecule is NC(=O)C1CCCN(c2ccc(NC(=O)c3c4c(nc5ccccc35)CCC4)cn2)C1. The highest BCUT2D eigenvalue weighted by atomic mass is 16.2. The van der Waals surface area contributed by atoms with Gasteiger partial charge in [0, 0.05) is 24.2 Å². The van der Waals surface area contributed by atoms with Gasteiger partial charge in [0.1, 0.15) is 5.82 Å². The molecule has 31 heavy (non-hydrogen) atoms. The highest BCUT2D eigenvalue weighted by Gasteiger charge is 2.26. The first kappa shape index (κ1) is 19.5. The zero-order valence-corrected chi connectivity index (χ0v) is 17.3. The number of hydrogen-bond donors (Lipinski definition) is 2. The highest BCUT2D eigenvalue weighted by Crippen LogP contribution is 2.30. The predicted molar refractivity (Wildman–Crippen MR) is 120 cm³/mol. The Kier molecular flexibility index (Phi) is 5.02. The topological polar surface area (TPSA) is 101 Å². The van der Waals surface area contributed by atoms with Crippen molar-refractivity contribution in [2.75, 3.05) is 23.3 Å². The van der Waals surface area contributed by atoms with Crippen LogP contribution < -0.4 is 16.0 Å². The number of pyridine rings is 2. The van der Waals surface area contributed by atoms with Crippen LogP contribution in [0.25, 0.3) is 10.9 Å². The maximum Gasteiger partial charge on any atom is 0.256 e. The molecule has 158 valence electrons. The standard InChI is InChI=1S/C24H25N5O2/c25-23(30)15-5-4-12-29(14-15)21-11-10-16(13-26-21)27-24(31)22-17-6-1-2-8-19(17)28-20-9-3-7-18(20)22/h1-2,6,8,10-11,13,15H,3-5,7,9,12,14H2,(H2,25,30)(H,27,31). The molecule has 7 heteroatoms. The van der Waals surface area contributed by atoms with Crippen LogP contribution in [0, 0.1) is 5.92 Å². The Hall–Kier alpha value is -3.48.